The van der Waals surface area contributed by atoms with Crippen LogP contribution >= 0.6 is 11.3 Å². The molecule has 0 bridgehead atoms. The second-order valence-electron chi connectivity index (χ2n) is 5.66. The molecule has 118 valence electrons. The second kappa shape index (κ2) is 7.75. The minimum atomic E-state index is -0.751. The van der Waals surface area contributed by atoms with E-state index < -0.39 is 11.9 Å². The number of rotatable bonds is 8. The molecule has 1 aliphatic carbocycles. The summed E-state index contributed by atoms with van der Waals surface area (Å²) in [5.74, 6) is -1.17. The van der Waals surface area contributed by atoms with Crippen molar-refractivity contribution in [3.63, 3.8) is 0 Å². The number of aryl methyl sites for hydroxylation is 1. The van der Waals surface area contributed by atoms with Gasteiger partial charge in [0.2, 0.25) is 0 Å². The van der Waals surface area contributed by atoms with Crippen LogP contribution in [0.5, 0.6) is 0 Å². The first-order valence-corrected chi connectivity index (χ1v) is 8.47. The molecule has 6 heteroatoms. The molecule has 1 aromatic heterocycles. The molecule has 1 aliphatic rings. The van der Waals surface area contributed by atoms with Gasteiger partial charge in [-0.25, -0.2) is 4.98 Å². The van der Waals surface area contributed by atoms with Crippen molar-refractivity contribution in [3.8, 4) is 0 Å². The summed E-state index contributed by atoms with van der Waals surface area (Å²) < 4.78 is 5.49. The van der Waals surface area contributed by atoms with Crippen molar-refractivity contribution < 1.29 is 14.6 Å². The lowest BCUT2D eigenvalue weighted by Crippen LogP contribution is -2.17. The van der Waals surface area contributed by atoms with E-state index in [2.05, 4.69) is 10.3 Å². The number of carbonyl (C=O) groups is 1. The Morgan fingerprint density at radius 2 is 2.33 bits per heavy atom. The van der Waals surface area contributed by atoms with Crippen LogP contribution in [0.4, 0.5) is 5.13 Å². The zero-order chi connectivity index (χ0) is 15.2. The van der Waals surface area contributed by atoms with Crippen LogP contribution in [0.2, 0.25) is 0 Å². The fourth-order valence-corrected chi connectivity index (χ4v) is 3.57. The Morgan fingerprint density at radius 1 is 1.52 bits per heavy atom. The number of nitrogens with zero attached hydrogens (tertiary/aromatic N) is 1. The molecule has 2 N–H and O–H groups in total. The molecular weight excluding hydrogens is 288 g/mol. The molecule has 0 fully saturated rings. The molecule has 21 heavy (non-hydrogen) atoms. The number of aromatic nitrogens is 1. The van der Waals surface area contributed by atoms with Crippen LogP contribution in [0.1, 0.15) is 56.0 Å². The van der Waals surface area contributed by atoms with Gasteiger partial charge in [-0.3, -0.25) is 4.79 Å². The highest BCUT2D eigenvalue weighted by atomic mass is 32.1. The van der Waals surface area contributed by atoms with Crippen molar-refractivity contribution in [3.05, 3.63) is 10.6 Å². The fraction of sp³-hybridized carbons (Fsp3) is 0.733. The maximum absolute atomic E-state index is 11.2. The Bertz CT molecular complexity index is 473. The third-order valence-electron chi connectivity index (χ3n) is 3.55. The minimum absolute atomic E-state index is 0.289. The summed E-state index contributed by atoms with van der Waals surface area (Å²) >= 11 is 1.61. The summed E-state index contributed by atoms with van der Waals surface area (Å²) in [6.45, 7) is 5.72. The lowest BCUT2D eigenvalue weighted by molar-refractivity contribution is -0.139. The summed E-state index contributed by atoms with van der Waals surface area (Å²) in [5.41, 5.74) is 0.782. The van der Waals surface area contributed by atoms with Crippen LogP contribution in [0, 0.1) is 0 Å². The Kier molecular flexibility index (Phi) is 5.99. The summed E-state index contributed by atoms with van der Waals surface area (Å²) in [5, 5.41) is 13.4. The first-order chi connectivity index (χ1) is 10.1. The highest BCUT2D eigenvalue weighted by Gasteiger charge is 2.29. The highest BCUT2D eigenvalue weighted by molar-refractivity contribution is 7.15. The van der Waals surface area contributed by atoms with Crippen molar-refractivity contribution in [1.29, 1.82) is 0 Å². The molecule has 1 aromatic rings. The lowest BCUT2D eigenvalue weighted by Gasteiger charge is -2.16. The number of carboxylic acid groups (broad SMARTS) is 1. The number of fused-ring (bicyclic) bond motifs is 1. The van der Waals surface area contributed by atoms with Gasteiger partial charge in [0.15, 0.2) is 5.13 Å². The molecule has 0 spiro atoms. The molecule has 0 aromatic carbocycles. The molecule has 0 saturated carbocycles. The van der Waals surface area contributed by atoms with Gasteiger partial charge in [-0.15, -0.1) is 11.3 Å². The molecule has 0 aliphatic heterocycles. The number of carboxylic acids is 1. The number of nitrogens with one attached hydrogen (secondary N) is 1. The number of hydrogen-bond acceptors (Lipinski definition) is 5. The van der Waals surface area contributed by atoms with Gasteiger partial charge in [-0.1, -0.05) is 0 Å². The van der Waals surface area contributed by atoms with Gasteiger partial charge in [0.25, 0.3) is 0 Å². The smallest absolute Gasteiger partial charge is 0.312 e. The lowest BCUT2D eigenvalue weighted by atomic mass is 9.91. The molecule has 1 atom stereocenters. The molecule has 1 unspecified atom stereocenters. The zero-order valence-electron chi connectivity index (χ0n) is 12.7. The van der Waals surface area contributed by atoms with E-state index in [0.717, 1.165) is 54.5 Å². The number of unbranched alkanes of at least 4 members (excludes halogenated alkanes) is 1. The van der Waals surface area contributed by atoms with E-state index in [-0.39, 0.29) is 6.10 Å². The first kappa shape index (κ1) is 16.2. The van der Waals surface area contributed by atoms with Crippen LogP contribution in [0.25, 0.3) is 0 Å². The van der Waals surface area contributed by atoms with Crippen molar-refractivity contribution in [1.82, 2.24) is 4.98 Å². The monoisotopic (exact) mass is 312 g/mol. The predicted molar refractivity (Wildman–Crippen MR) is 84.2 cm³/mol. The maximum atomic E-state index is 11.2. The van der Waals surface area contributed by atoms with E-state index in [1.54, 1.807) is 11.3 Å². The van der Waals surface area contributed by atoms with Crippen molar-refractivity contribution in [2.75, 3.05) is 18.5 Å². The van der Waals surface area contributed by atoms with E-state index in [1.165, 1.54) is 0 Å². The number of anilines is 1. The third kappa shape index (κ3) is 4.68. The maximum Gasteiger partial charge on any atom is 0.312 e. The summed E-state index contributed by atoms with van der Waals surface area (Å²) in [6.07, 6.45) is 4.95. The molecule has 0 radical (unpaired) electrons. The van der Waals surface area contributed by atoms with Gasteiger partial charge in [-0.2, -0.15) is 0 Å². The van der Waals surface area contributed by atoms with E-state index in [0.29, 0.717) is 6.42 Å². The van der Waals surface area contributed by atoms with Gasteiger partial charge in [0.1, 0.15) is 5.92 Å². The Morgan fingerprint density at radius 3 is 3.05 bits per heavy atom. The number of ether oxygens (including phenoxy) is 1. The molecular formula is C15H24N2O3S. The van der Waals surface area contributed by atoms with Crippen LogP contribution < -0.4 is 5.32 Å². The largest absolute Gasteiger partial charge is 0.481 e. The van der Waals surface area contributed by atoms with Crippen LogP contribution in [-0.4, -0.2) is 35.3 Å². The van der Waals surface area contributed by atoms with E-state index in [9.17, 15) is 9.90 Å². The number of thiazole rings is 1. The molecule has 0 amide bonds. The van der Waals surface area contributed by atoms with Crippen molar-refractivity contribution >= 4 is 22.4 Å². The zero-order valence-corrected chi connectivity index (χ0v) is 13.5. The second-order valence-corrected chi connectivity index (χ2v) is 6.75. The van der Waals surface area contributed by atoms with Crippen LogP contribution in [-0.2, 0) is 16.0 Å². The molecule has 5 nitrogen and oxygen atoms in total. The van der Waals surface area contributed by atoms with Gasteiger partial charge < -0.3 is 15.2 Å². The molecule has 0 saturated heterocycles. The summed E-state index contributed by atoms with van der Waals surface area (Å²) in [6, 6.07) is 0. The van der Waals surface area contributed by atoms with Gasteiger partial charge >= 0.3 is 5.97 Å². The standard InChI is InChI=1S/C15H24N2O3S/c1-10(2)20-9-4-3-8-16-15-17-13-11(14(18)19)6-5-7-12(13)21-15/h10-11H,3-9H2,1-2H3,(H,16,17)(H,18,19). The Labute approximate surface area is 129 Å². The van der Waals surface area contributed by atoms with Gasteiger partial charge in [0.05, 0.1) is 11.8 Å². The Balaban J connectivity index is 1.79. The quantitative estimate of drug-likeness (QED) is 0.721. The summed E-state index contributed by atoms with van der Waals surface area (Å²) in [4.78, 5) is 16.9. The third-order valence-corrected chi connectivity index (χ3v) is 4.64. The molecule has 1 heterocycles. The van der Waals surface area contributed by atoms with Gasteiger partial charge in [-0.05, 0) is 46.0 Å². The first-order valence-electron chi connectivity index (χ1n) is 7.65. The number of aliphatic carboxylic acids is 1. The van der Waals surface area contributed by atoms with Crippen molar-refractivity contribution in [2.24, 2.45) is 0 Å². The van der Waals surface area contributed by atoms with E-state index in [4.69, 9.17) is 4.74 Å². The number of hydrogen-bond donors (Lipinski definition) is 2. The van der Waals surface area contributed by atoms with E-state index in [1.807, 2.05) is 13.8 Å². The predicted octanol–water partition coefficient (Wildman–Crippen LogP) is 3.26. The van der Waals surface area contributed by atoms with Crippen molar-refractivity contribution in [2.45, 2.75) is 58.0 Å². The normalized spacial score (nSPS) is 17.8. The Hall–Kier alpha value is -1.14. The molecule has 2 rings (SSSR count). The van der Waals surface area contributed by atoms with E-state index >= 15 is 0 Å². The fourth-order valence-electron chi connectivity index (χ4n) is 2.48. The SMILES string of the molecule is CC(C)OCCCCNc1nc2c(s1)CCCC2C(=O)O. The van der Waals surface area contributed by atoms with Crippen LogP contribution in [0.15, 0.2) is 0 Å². The highest BCUT2D eigenvalue weighted by Crippen LogP contribution is 2.36. The average Bonchev–Trinajstić information content (AvgIpc) is 2.84. The summed E-state index contributed by atoms with van der Waals surface area (Å²) in [7, 11) is 0. The topological polar surface area (TPSA) is 71.5 Å². The average molecular weight is 312 g/mol. The van der Waals surface area contributed by atoms with Crippen LogP contribution in [0.3, 0.4) is 0 Å². The minimum Gasteiger partial charge on any atom is -0.481 e. The van der Waals surface area contributed by atoms with Gasteiger partial charge in [0, 0.05) is 18.0 Å².